The average molecular weight is 272 g/mol. The van der Waals surface area contributed by atoms with Crippen LogP contribution < -0.4 is 4.74 Å². The highest BCUT2D eigenvalue weighted by Gasteiger charge is 2.23. The summed E-state index contributed by atoms with van der Waals surface area (Å²) < 4.78 is 5.20. The number of ether oxygens (including phenoxy) is 1. The van der Waals surface area contributed by atoms with Crippen molar-refractivity contribution in [2.45, 2.75) is 19.8 Å². The first-order valence-electron chi connectivity index (χ1n) is 7.13. The zero-order valence-corrected chi connectivity index (χ0v) is 12.0. The smallest absolute Gasteiger partial charge is 0.256 e. The van der Waals surface area contributed by atoms with Gasteiger partial charge in [0.2, 0.25) is 0 Å². The van der Waals surface area contributed by atoms with E-state index in [1.807, 2.05) is 29.3 Å². The maximum absolute atomic E-state index is 12.6. The van der Waals surface area contributed by atoms with Crippen LogP contribution in [-0.2, 0) is 0 Å². The van der Waals surface area contributed by atoms with Gasteiger partial charge in [0.25, 0.3) is 5.91 Å². The molecule has 1 aliphatic rings. The summed E-state index contributed by atoms with van der Waals surface area (Å²) in [5.41, 5.74) is 1.70. The zero-order chi connectivity index (χ0) is 14.1. The largest absolute Gasteiger partial charge is 0.497 e. The fourth-order valence-electron chi connectivity index (χ4n) is 2.79. The lowest BCUT2D eigenvalue weighted by Crippen LogP contribution is -2.37. The Morgan fingerprint density at radius 1 is 1.35 bits per heavy atom. The van der Waals surface area contributed by atoms with E-state index >= 15 is 0 Å². The number of rotatable bonds is 2. The molecule has 1 amide bonds. The Bertz CT molecular complexity index is 624. The molecule has 1 aromatic carbocycles. The van der Waals surface area contributed by atoms with Crippen LogP contribution in [0.5, 0.6) is 5.75 Å². The number of likely N-dealkylation sites (tertiary alicyclic amines) is 1. The topological polar surface area (TPSA) is 45.3 Å². The first kappa shape index (κ1) is 13.0. The van der Waals surface area contributed by atoms with Gasteiger partial charge < -0.3 is 14.6 Å². The summed E-state index contributed by atoms with van der Waals surface area (Å²) in [5.74, 6) is 1.66. The van der Waals surface area contributed by atoms with Crippen LogP contribution >= 0.6 is 0 Å². The van der Waals surface area contributed by atoms with E-state index in [9.17, 15) is 4.79 Å². The van der Waals surface area contributed by atoms with Crippen LogP contribution in [0, 0.1) is 5.92 Å². The highest BCUT2D eigenvalue weighted by molar-refractivity contribution is 6.07. The number of nitrogens with zero attached hydrogens (tertiary/aromatic N) is 1. The van der Waals surface area contributed by atoms with Crippen molar-refractivity contribution in [2.75, 3.05) is 20.2 Å². The van der Waals surface area contributed by atoms with Crippen molar-refractivity contribution < 1.29 is 9.53 Å². The van der Waals surface area contributed by atoms with Crippen LogP contribution in [0.25, 0.3) is 10.9 Å². The van der Waals surface area contributed by atoms with Crippen LogP contribution in [0.15, 0.2) is 24.4 Å². The molecule has 0 saturated carbocycles. The predicted molar refractivity (Wildman–Crippen MR) is 79.2 cm³/mol. The lowest BCUT2D eigenvalue weighted by atomic mass is 9.98. The Morgan fingerprint density at radius 3 is 2.80 bits per heavy atom. The fourth-order valence-corrected chi connectivity index (χ4v) is 2.79. The summed E-state index contributed by atoms with van der Waals surface area (Å²) in [6.45, 7) is 3.98. The van der Waals surface area contributed by atoms with Gasteiger partial charge in [-0.3, -0.25) is 4.79 Å². The van der Waals surface area contributed by atoms with E-state index in [1.54, 1.807) is 7.11 Å². The van der Waals surface area contributed by atoms with Crippen molar-refractivity contribution >= 4 is 16.8 Å². The number of hydrogen-bond donors (Lipinski definition) is 1. The van der Waals surface area contributed by atoms with Crippen molar-refractivity contribution in [1.29, 1.82) is 0 Å². The van der Waals surface area contributed by atoms with E-state index in [2.05, 4.69) is 11.9 Å². The number of carbonyl (C=O) groups excluding carboxylic acids is 1. The quantitative estimate of drug-likeness (QED) is 0.913. The first-order valence-corrected chi connectivity index (χ1v) is 7.13. The Hall–Kier alpha value is -1.97. The maximum Gasteiger partial charge on any atom is 0.256 e. The predicted octanol–water partition coefficient (Wildman–Crippen LogP) is 3.05. The standard InChI is InChI=1S/C16H20N2O2/c1-11-5-7-18(8-6-11)16(19)14-10-17-15-9-12(20-2)3-4-13(14)15/h3-4,9-11,17H,5-8H2,1-2H3. The zero-order valence-electron chi connectivity index (χ0n) is 12.0. The number of fused-ring (bicyclic) bond motifs is 1. The number of methoxy groups -OCH3 is 1. The molecule has 20 heavy (non-hydrogen) atoms. The molecule has 1 aromatic heterocycles. The van der Waals surface area contributed by atoms with Gasteiger partial charge in [-0.05, 0) is 30.9 Å². The minimum absolute atomic E-state index is 0.133. The molecular formula is C16H20N2O2. The van der Waals surface area contributed by atoms with Crippen molar-refractivity contribution in [3.8, 4) is 5.75 Å². The first-order chi connectivity index (χ1) is 9.69. The van der Waals surface area contributed by atoms with Crippen molar-refractivity contribution in [2.24, 2.45) is 5.92 Å². The lowest BCUT2D eigenvalue weighted by molar-refractivity contribution is 0.0699. The highest BCUT2D eigenvalue weighted by atomic mass is 16.5. The van der Waals surface area contributed by atoms with Gasteiger partial charge in [-0.25, -0.2) is 0 Å². The van der Waals surface area contributed by atoms with Gasteiger partial charge in [0.1, 0.15) is 5.75 Å². The number of aromatic amines is 1. The van der Waals surface area contributed by atoms with Crippen LogP contribution in [0.3, 0.4) is 0 Å². The van der Waals surface area contributed by atoms with E-state index < -0.39 is 0 Å². The second-order valence-corrected chi connectivity index (χ2v) is 5.59. The van der Waals surface area contributed by atoms with E-state index in [0.29, 0.717) is 0 Å². The van der Waals surface area contributed by atoms with Gasteiger partial charge in [0, 0.05) is 36.3 Å². The summed E-state index contributed by atoms with van der Waals surface area (Å²) in [6.07, 6.45) is 4.01. The number of carbonyl (C=O) groups is 1. The summed E-state index contributed by atoms with van der Waals surface area (Å²) in [6, 6.07) is 5.76. The molecule has 1 fully saturated rings. The van der Waals surface area contributed by atoms with Crippen molar-refractivity contribution in [3.05, 3.63) is 30.0 Å². The Labute approximate surface area is 118 Å². The third kappa shape index (κ3) is 2.26. The van der Waals surface area contributed by atoms with E-state index in [-0.39, 0.29) is 5.91 Å². The minimum atomic E-state index is 0.133. The van der Waals surface area contributed by atoms with Crippen LogP contribution in [-0.4, -0.2) is 36.0 Å². The molecule has 0 radical (unpaired) electrons. The third-order valence-corrected chi connectivity index (χ3v) is 4.19. The number of amides is 1. The molecule has 0 bridgehead atoms. The van der Waals surface area contributed by atoms with Gasteiger partial charge in [-0.15, -0.1) is 0 Å². The van der Waals surface area contributed by atoms with Crippen LogP contribution in [0.4, 0.5) is 0 Å². The van der Waals surface area contributed by atoms with E-state index in [1.165, 1.54) is 0 Å². The summed E-state index contributed by atoms with van der Waals surface area (Å²) in [4.78, 5) is 17.7. The molecule has 0 aliphatic carbocycles. The minimum Gasteiger partial charge on any atom is -0.497 e. The normalized spacial score (nSPS) is 16.6. The van der Waals surface area contributed by atoms with E-state index in [4.69, 9.17) is 4.74 Å². The fraction of sp³-hybridized carbons (Fsp3) is 0.438. The molecule has 3 rings (SSSR count). The van der Waals surface area contributed by atoms with Crippen LogP contribution in [0.1, 0.15) is 30.1 Å². The Morgan fingerprint density at radius 2 is 2.10 bits per heavy atom. The SMILES string of the molecule is COc1ccc2c(C(=O)N3CCC(C)CC3)c[nH]c2c1. The number of H-pyrrole nitrogens is 1. The van der Waals surface area contributed by atoms with Crippen LogP contribution in [0.2, 0.25) is 0 Å². The maximum atomic E-state index is 12.6. The summed E-state index contributed by atoms with van der Waals surface area (Å²) in [5, 5.41) is 0.967. The molecular weight excluding hydrogens is 252 g/mol. The van der Waals surface area contributed by atoms with Crippen molar-refractivity contribution in [3.63, 3.8) is 0 Å². The van der Waals surface area contributed by atoms with Crippen molar-refractivity contribution in [1.82, 2.24) is 9.88 Å². The molecule has 0 spiro atoms. The summed E-state index contributed by atoms with van der Waals surface area (Å²) >= 11 is 0. The Balaban J connectivity index is 1.88. The van der Waals surface area contributed by atoms with E-state index in [0.717, 1.165) is 54.1 Å². The second-order valence-electron chi connectivity index (χ2n) is 5.59. The monoisotopic (exact) mass is 272 g/mol. The highest BCUT2D eigenvalue weighted by Crippen LogP contribution is 2.25. The number of piperidine rings is 1. The molecule has 1 saturated heterocycles. The Kier molecular flexibility index (Phi) is 3.38. The summed E-state index contributed by atoms with van der Waals surface area (Å²) in [7, 11) is 1.64. The molecule has 4 nitrogen and oxygen atoms in total. The van der Waals surface area contributed by atoms with Gasteiger partial charge in [-0.1, -0.05) is 6.92 Å². The van der Waals surface area contributed by atoms with Gasteiger partial charge in [-0.2, -0.15) is 0 Å². The van der Waals surface area contributed by atoms with Gasteiger partial charge in [0.05, 0.1) is 12.7 Å². The number of benzene rings is 1. The molecule has 1 aliphatic heterocycles. The molecule has 0 unspecified atom stereocenters. The number of aromatic nitrogens is 1. The molecule has 0 atom stereocenters. The lowest BCUT2D eigenvalue weighted by Gasteiger charge is -2.30. The molecule has 4 heteroatoms. The third-order valence-electron chi connectivity index (χ3n) is 4.19. The molecule has 2 aromatic rings. The molecule has 1 N–H and O–H groups in total. The second kappa shape index (κ2) is 5.19. The van der Waals surface area contributed by atoms with Gasteiger partial charge in [0.15, 0.2) is 0 Å². The molecule has 106 valence electrons. The van der Waals surface area contributed by atoms with Gasteiger partial charge >= 0.3 is 0 Å². The number of hydrogen-bond acceptors (Lipinski definition) is 2. The average Bonchev–Trinajstić information content (AvgIpc) is 2.90. The number of nitrogens with one attached hydrogen (secondary N) is 1. The molecule has 2 heterocycles.